The van der Waals surface area contributed by atoms with Crippen molar-refractivity contribution in [3.63, 3.8) is 0 Å². The molecular formula is C11H17N5O2S. The zero-order chi connectivity index (χ0) is 14.7. The van der Waals surface area contributed by atoms with Gasteiger partial charge in [0.2, 0.25) is 10.0 Å². The Kier molecular flexibility index (Phi) is 4.34. The van der Waals surface area contributed by atoms with Crippen molar-refractivity contribution in [3.8, 4) is 6.07 Å². The summed E-state index contributed by atoms with van der Waals surface area (Å²) in [5.41, 5.74) is 5.64. The smallest absolute Gasteiger partial charge is 0.209 e. The number of pyridine rings is 1. The molecule has 0 aromatic carbocycles. The van der Waals surface area contributed by atoms with E-state index in [0.717, 1.165) is 6.26 Å². The second kappa shape index (κ2) is 5.42. The molecule has 1 heterocycles. The van der Waals surface area contributed by atoms with Gasteiger partial charge in [0.15, 0.2) is 5.82 Å². The van der Waals surface area contributed by atoms with E-state index in [4.69, 9.17) is 11.0 Å². The van der Waals surface area contributed by atoms with Crippen molar-refractivity contribution in [2.24, 2.45) is 0 Å². The first-order chi connectivity index (χ1) is 8.64. The molecule has 0 spiro atoms. The maximum atomic E-state index is 11.2. The van der Waals surface area contributed by atoms with E-state index in [0.29, 0.717) is 11.4 Å². The van der Waals surface area contributed by atoms with Crippen LogP contribution in [-0.4, -0.2) is 31.7 Å². The maximum Gasteiger partial charge on any atom is 0.209 e. The van der Waals surface area contributed by atoms with Crippen LogP contribution in [0.2, 0.25) is 0 Å². The van der Waals surface area contributed by atoms with Crippen LogP contribution in [0.4, 0.5) is 11.5 Å². The minimum absolute atomic E-state index is 0.250. The average molecular weight is 283 g/mol. The van der Waals surface area contributed by atoms with Crippen LogP contribution in [0.1, 0.15) is 19.4 Å². The highest BCUT2D eigenvalue weighted by atomic mass is 32.2. The van der Waals surface area contributed by atoms with Crippen LogP contribution in [-0.2, 0) is 10.0 Å². The lowest BCUT2D eigenvalue weighted by Gasteiger charge is -2.25. The number of rotatable bonds is 5. The Balaban J connectivity index is 2.80. The molecule has 1 rings (SSSR count). The highest BCUT2D eigenvalue weighted by Gasteiger charge is 2.22. The Morgan fingerprint density at radius 2 is 2.16 bits per heavy atom. The standard InChI is InChI=1S/C11H17N5O2S/c1-11(2,16-19(3,17)18)7-15-10-9(13)8(6-12)4-5-14-10/h4-5,16H,7,13H2,1-3H3,(H,14,15). The molecule has 0 atom stereocenters. The van der Waals surface area contributed by atoms with Crippen LogP contribution in [0.3, 0.4) is 0 Å². The van der Waals surface area contributed by atoms with Crippen LogP contribution >= 0.6 is 0 Å². The Hall–Kier alpha value is -1.85. The molecule has 0 saturated heterocycles. The fourth-order valence-electron chi connectivity index (χ4n) is 1.55. The van der Waals surface area contributed by atoms with Crippen molar-refractivity contribution < 1.29 is 8.42 Å². The van der Waals surface area contributed by atoms with Gasteiger partial charge in [0.25, 0.3) is 0 Å². The number of anilines is 2. The predicted molar refractivity (Wildman–Crippen MR) is 73.9 cm³/mol. The number of aromatic nitrogens is 1. The van der Waals surface area contributed by atoms with Gasteiger partial charge in [-0.3, -0.25) is 0 Å². The molecule has 0 unspecified atom stereocenters. The summed E-state index contributed by atoms with van der Waals surface area (Å²) in [6.07, 6.45) is 2.56. The molecule has 0 bridgehead atoms. The first kappa shape index (κ1) is 15.2. The Morgan fingerprint density at radius 1 is 1.53 bits per heavy atom. The number of hydrogen-bond acceptors (Lipinski definition) is 6. The van der Waals surface area contributed by atoms with Crippen LogP contribution in [0.5, 0.6) is 0 Å². The molecule has 0 radical (unpaired) electrons. The van der Waals surface area contributed by atoms with Gasteiger partial charge in [-0.15, -0.1) is 0 Å². The first-order valence-electron chi connectivity index (χ1n) is 5.52. The molecular weight excluding hydrogens is 266 g/mol. The van der Waals surface area contributed by atoms with Crippen LogP contribution in [0.25, 0.3) is 0 Å². The number of hydrogen-bond donors (Lipinski definition) is 3. The van der Waals surface area contributed by atoms with Crippen molar-refractivity contribution >= 4 is 21.5 Å². The monoisotopic (exact) mass is 283 g/mol. The number of nitriles is 1. The van der Waals surface area contributed by atoms with E-state index in [1.807, 2.05) is 6.07 Å². The van der Waals surface area contributed by atoms with E-state index in [-0.39, 0.29) is 12.2 Å². The summed E-state index contributed by atoms with van der Waals surface area (Å²) in [5.74, 6) is 0.363. The summed E-state index contributed by atoms with van der Waals surface area (Å²) in [7, 11) is -3.30. The minimum atomic E-state index is -3.30. The lowest BCUT2D eigenvalue weighted by molar-refractivity contribution is 0.476. The van der Waals surface area contributed by atoms with E-state index in [2.05, 4.69) is 15.0 Å². The predicted octanol–water partition coefficient (Wildman–Crippen LogP) is 0.275. The zero-order valence-corrected chi connectivity index (χ0v) is 11.9. The number of nitrogen functional groups attached to an aromatic ring is 1. The van der Waals surface area contributed by atoms with Gasteiger partial charge >= 0.3 is 0 Å². The number of nitrogens with two attached hydrogens (primary N) is 1. The Bertz CT molecular complexity index is 604. The number of nitrogens with one attached hydrogen (secondary N) is 2. The van der Waals surface area contributed by atoms with Gasteiger partial charge in [0.05, 0.1) is 17.5 Å². The summed E-state index contributed by atoms with van der Waals surface area (Å²) >= 11 is 0. The first-order valence-corrected chi connectivity index (χ1v) is 7.41. The molecule has 0 aliphatic heterocycles. The molecule has 8 heteroatoms. The molecule has 0 saturated carbocycles. The largest absolute Gasteiger partial charge is 0.395 e. The molecule has 7 nitrogen and oxygen atoms in total. The third-order valence-electron chi connectivity index (χ3n) is 2.27. The molecule has 1 aromatic rings. The molecule has 1 aromatic heterocycles. The van der Waals surface area contributed by atoms with Crippen molar-refractivity contribution in [3.05, 3.63) is 17.8 Å². The quantitative estimate of drug-likeness (QED) is 0.713. The van der Waals surface area contributed by atoms with E-state index < -0.39 is 15.6 Å². The summed E-state index contributed by atoms with van der Waals surface area (Å²) in [5, 5.41) is 11.8. The maximum absolute atomic E-state index is 11.2. The van der Waals surface area contributed by atoms with E-state index >= 15 is 0 Å². The summed E-state index contributed by atoms with van der Waals surface area (Å²) in [6, 6.07) is 3.47. The summed E-state index contributed by atoms with van der Waals surface area (Å²) in [4.78, 5) is 4.02. The third-order valence-corrected chi connectivity index (χ3v) is 3.19. The van der Waals surface area contributed by atoms with Gasteiger partial charge in [-0.25, -0.2) is 18.1 Å². The molecule has 104 valence electrons. The van der Waals surface area contributed by atoms with E-state index in [1.165, 1.54) is 12.3 Å². The van der Waals surface area contributed by atoms with Gasteiger partial charge in [-0.1, -0.05) is 0 Å². The Morgan fingerprint density at radius 3 is 2.68 bits per heavy atom. The normalized spacial score (nSPS) is 11.9. The molecule has 0 aliphatic carbocycles. The van der Waals surface area contributed by atoms with Crippen molar-refractivity contribution in [2.75, 3.05) is 23.9 Å². The van der Waals surface area contributed by atoms with E-state index in [1.54, 1.807) is 13.8 Å². The highest BCUT2D eigenvalue weighted by Crippen LogP contribution is 2.19. The lowest BCUT2D eigenvalue weighted by Crippen LogP contribution is -2.47. The van der Waals surface area contributed by atoms with Gasteiger partial charge in [-0.05, 0) is 19.9 Å². The number of sulfonamides is 1. The van der Waals surface area contributed by atoms with Crippen LogP contribution in [0, 0.1) is 11.3 Å². The second-order valence-electron chi connectivity index (χ2n) is 4.84. The van der Waals surface area contributed by atoms with Crippen LogP contribution in [0.15, 0.2) is 12.3 Å². The molecule has 4 N–H and O–H groups in total. The summed E-state index contributed by atoms with van der Waals surface area (Å²) in [6.45, 7) is 3.74. The van der Waals surface area contributed by atoms with Gasteiger partial charge in [0.1, 0.15) is 6.07 Å². The third kappa shape index (κ3) is 4.73. The van der Waals surface area contributed by atoms with E-state index in [9.17, 15) is 8.42 Å². The average Bonchev–Trinajstić information content (AvgIpc) is 2.24. The molecule has 0 amide bonds. The minimum Gasteiger partial charge on any atom is -0.395 e. The summed E-state index contributed by atoms with van der Waals surface area (Å²) < 4.78 is 24.9. The van der Waals surface area contributed by atoms with Crippen molar-refractivity contribution in [1.29, 1.82) is 5.26 Å². The molecule has 19 heavy (non-hydrogen) atoms. The van der Waals surface area contributed by atoms with Gasteiger partial charge < -0.3 is 11.1 Å². The fraction of sp³-hybridized carbons (Fsp3) is 0.455. The van der Waals surface area contributed by atoms with Crippen molar-refractivity contribution in [2.45, 2.75) is 19.4 Å². The lowest BCUT2D eigenvalue weighted by atomic mass is 10.1. The fourth-order valence-corrected chi connectivity index (χ4v) is 2.63. The topological polar surface area (TPSA) is 121 Å². The van der Waals surface area contributed by atoms with Gasteiger partial charge in [0, 0.05) is 18.3 Å². The highest BCUT2D eigenvalue weighted by molar-refractivity contribution is 7.88. The van der Waals surface area contributed by atoms with Gasteiger partial charge in [-0.2, -0.15) is 5.26 Å². The van der Waals surface area contributed by atoms with Crippen LogP contribution < -0.4 is 15.8 Å². The SMILES string of the molecule is CC(C)(CNc1nccc(C#N)c1N)NS(C)(=O)=O. The molecule has 0 aliphatic rings. The zero-order valence-electron chi connectivity index (χ0n) is 11.1. The number of nitrogens with zero attached hydrogens (tertiary/aromatic N) is 2. The second-order valence-corrected chi connectivity index (χ2v) is 6.59. The Labute approximate surface area is 112 Å². The molecule has 0 fully saturated rings. The van der Waals surface area contributed by atoms with Crippen molar-refractivity contribution in [1.82, 2.24) is 9.71 Å².